The van der Waals surface area contributed by atoms with Gasteiger partial charge in [0.05, 0.1) is 11.7 Å². The van der Waals surface area contributed by atoms with Gasteiger partial charge in [-0.2, -0.15) is 0 Å². The van der Waals surface area contributed by atoms with Crippen molar-refractivity contribution in [1.82, 2.24) is 10.3 Å². The van der Waals surface area contributed by atoms with E-state index in [1.807, 2.05) is 12.3 Å². The maximum atomic E-state index is 4.52. The van der Waals surface area contributed by atoms with Gasteiger partial charge in [-0.25, -0.2) is 0 Å². The number of nitrogens with zero attached hydrogens (tertiary/aromatic N) is 1. The van der Waals surface area contributed by atoms with E-state index in [9.17, 15) is 0 Å². The molecule has 2 heteroatoms. The highest BCUT2D eigenvalue weighted by Crippen LogP contribution is 2.21. The first-order valence-corrected chi connectivity index (χ1v) is 7.58. The van der Waals surface area contributed by atoms with Crippen LogP contribution in [-0.2, 0) is 6.42 Å². The standard InChI is InChI=1S/C18H24N2/c1-3-8-15-9-7-10-16(14-15)18(20-12-4-2)17-11-5-6-13-19-17/h5-7,9-11,13-14,18,20H,3-4,8,12H2,1-2H3. The number of aromatic nitrogens is 1. The van der Waals surface area contributed by atoms with E-state index in [4.69, 9.17) is 0 Å². The van der Waals surface area contributed by atoms with Crippen molar-refractivity contribution in [3.05, 3.63) is 65.5 Å². The van der Waals surface area contributed by atoms with Crippen LogP contribution in [0.25, 0.3) is 0 Å². The van der Waals surface area contributed by atoms with Crippen molar-refractivity contribution in [1.29, 1.82) is 0 Å². The van der Waals surface area contributed by atoms with Crippen LogP contribution in [0.15, 0.2) is 48.7 Å². The molecule has 0 saturated carbocycles. The zero-order valence-electron chi connectivity index (χ0n) is 12.5. The van der Waals surface area contributed by atoms with E-state index < -0.39 is 0 Å². The first-order chi connectivity index (χ1) is 9.85. The van der Waals surface area contributed by atoms with E-state index in [-0.39, 0.29) is 6.04 Å². The van der Waals surface area contributed by atoms with Crippen LogP contribution in [0.1, 0.15) is 49.6 Å². The Morgan fingerprint density at radius 1 is 1.05 bits per heavy atom. The van der Waals surface area contributed by atoms with Crippen LogP contribution in [0.4, 0.5) is 0 Å². The molecule has 106 valence electrons. The first-order valence-electron chi connectivity index (χ1n) is 7.58. The molecular weight excluding hydrogens is 244 g/mol. The Morgan fingerprint density at radius 3 is 2.65 bits per heavy atom. The van der Waals surface area contributed by atoms with Crippen LogP contribution < -0.4 is 5.32 Å². The molecule has 2 nitrogen and oxygen atoms in total. The molecule has 0 aliphatic heterocycles. The fourth-order valence-electron chi connectivity index (χ4n) is 2.45. The molecule has 1 aromatic carbocycles. The number of pyridine rings is 1. The topological polar surface area (TPSA) is 24.9 Å². The van der Waals surface area contributed by atoms with E-state index in [1.165, 1.54) is 17.5 Å². The van der Waals surface area contributed by atoms with Crippen LogP contribution >= 0.6 is 0 Å². The van der Waals surface area contributed by atoms with Gasteiger partial charge in [0.1, 0.15) is 0 Å². The third kappa shape index (κ3) is 3.91. The normalized spacial score (nSPS) is 12.3. The van der Waals surface area contributed by atoms with E-state index in [0.717, 1.165) is 25.1 Å². The van der Waals surface area contributed by atoms with Gasteiger partial charge >= 0.3 is 0 Å². The largest absolute Gasteiger partial charge is 0.305 e. The molecule has 0 radical (unpaired) electrons. The number of hydrogen-bond donors (Lipinski definition) is 1. The molecule has 2 rings (SSSR count). The van der Waals surface area contributed by atoms with Crippen molar-refractivity contribution in [2.24, 2.45) is 0 Å². The van der Waals surface area contributed by atoms with Gasteiger partial charge < -0.3 is 5.32 Å². The molecule has 1 unspecified atom stereocenters. The summed E-state index contributed by atoms with van der Waals surface area (Å²) in [6.07, 6.45) is 5.31. The third-order valence-electron chi connectivity index (χ3n) is 3.41. The molecule has 1 aromatic heterocycles. The van der Waals surface area contributed by atoms with Crippen molar-refractivity contribution < 1.29 is 0 Å². The number of benzene rings is 1. The average molecular weight is 268 g/mol. The Bertz CT molecular complexity index is 508. The van der Waals surface area contributed by atoms with Crippen LogP contribution in [0.5, 0.6) is 0 Å². The quantitative estimate of drug-likeness (QED) is 0.817. The summed E-state index contributed by atoms with van der Waals surface area (Å²) >= 11 is 0. The van der Waals surface area contributed by atoms with Gasteiger partial charge in [-0.05, 0) is 42.6 Å². The summed E-state index contributed by atoms with van der Waals surface area (Å²) in [6, 6.07) is 15.2. The van der Waals surface area contributed by atoms with Gasteiger partial charge in [0, 0.05) is 6.20 Å². The van der Waals surface area contributed by atoms with E-state index in [0.29, 0.717) is 0 Å². The van der Waals surface area contributed by atoms with Gasteiger partial charge in [-0.1, -0.05) is 50.6 Å². The third-order valence-corrected chi connectivity index (χ3v) is 3.41. The molecule has 0 amide bonds. The summed E-state index contributed by atoms with van der Waals surface area (Å²) in [7, 11) is 0. The fraction of sp³-hybridized carbons (Fsp3) is 0.389. The van der Waals surface area contributed by atoms with Crippen molar-refractivity contribution in [2.75, 3.05) is 6.54 Å². The van der Waals surface area contributed by atoms with Gasteiger partial charge in [-0.15, -0.1) is 0 Å². The average Bonchev–Trinajstić information content (AvgIpc) is 2.50. The van der Waals surface area contributed by atoms with Gasteiger partial charge in [0.25, 0.3) is 0 Å². The van der Waals surface area contributed by atoms with Crippen LogP contribution in [-0.4, -0.2) is 11.5 Å². The predicted molar refractivity (Wildman–Crippen MR) is 84.8 cm³/mol. The molecule has 0 bridgehead atoms. The minimum atomic E-state index is 0.188. The smallest absolute Gasteiger partial charge is 0.0751 e. The Kier molecular flexibility index (Phi) is 5.75. The molecule has 0 saturated heterocycles. The van der Waals surface area contributed by atoms with Gasteiger partial charge in [0.2, 0.25) is 0 Å². The zero-order valence-corrected chi connectivity index (χ0v) is 12.5. The second-order valence-corrected chi connectivity index (χ2v) is 5.14. The second kappa shape index (κ2) is 7.81. The van der Waals surface area contributed by atoms with E-state index in [1.54, 1.807) is 0 Å². The van der Waals surface area contributed by atoms with Crippen LogP contribution in [0, 0.1) is 0 Å². The molecule has 0 fully saturated rings. The Morgan fingerprint density at radius 2 is 1.95 bits per heavy atom. The molecule has 2 aromatic rings. The summed E-state index contributed by atoms with van der Waals surface area (Å²) in [5.41, 5.74) is 3.81. The lowest BCUT2D eigenvalue weighted by Crippen LogP contribution is -2.24. The number of rotatable bonds is 7. The van der Waals surface area contributed by atoms with E-state index >= 15 is 0 Å². The lowest BCUT2D eigenvalue weighted by Gasteiger charge is -2.19. The SMILES string of the molecule is CCCNC(c1cccc(CCC)c1)c1ccccn1. The summed E-state index contributed by atoms with van der Waals surface area (Å²) in [4.78, 5) is 4.52. The number of nitrogens with one attached hydrogen (secondary N) is 1. The maximum Gasteiger partial charge on any atom is 0.0751 e. The Balaban J connectivity index is 2.28. The lowest BCUT2D eigenvalue weighted by atomic mass is 9.99. The predicted octanol–water partition coefficient (Wildman–Crippen LogP) is 4.12. The molecule has 1 atom stereocenters. The second-order valence-electron chi connectivity index (χ2n) is 5.14. The summed E-state index contributed by atoms with van der Waals surface area (Å²) in [6.45, 7) is 5.41. The highest BCUT2D eigenvalue weighted by molar-refractivity contribution is 5.31. The summed E-state index contributed by atoms with van der Waals surface area (Å²) in [5, 5.41) is 3.61. The minimum absolute atomic E-state index is 0.188. The van der Waals surface area contributed by atoms with Gasteiger partial charge in [0.15, 0.2) is 0 Å². The molecule has 1 heterocycles. The summed E-state index contributed by atoms with van der Waals surface area (Å²) in [5.74, 6) is 0. The van der Waals surface area contributed by atoms with Crippen LogP contribution in [0.2, 0.25) is 0 Å². The van der Waals surface area contributed by atoms with Crippen molar-refractivity contribution in [2.45, 2.75) is 39.2 Å². The number of aryl methyl sites for hydroxylation is 1. The maximum absolute atomic E-state index is 4.52. The summed E-state index contributed by atoms with van der Waals surface area (Å²) < 4.78 is 0. The lowest BCUT2D eigenvalue weighted by molar-refractivity contribution is 0.586. The fourth-order valence-corrected chi connectivity index (χ4v) is 2.45. The van der Waals surface area contributed by atoms with E-state index in [2.05, 4.69) is 60.5 Å². The molecular formula is C18H24N2. The molecule has 0 aliphatic carbocycles. The Labute approximate surface area is 122 Å². The minimum Gasteiger partial charge on any atom is -0.305 e. The first kappa shape index (κ1) is 14.7. The molecule has 20 heavy (non-hydrogen) atoms. The van der Waals surface area contributed by atoms with Gasteiger partial charge in [-0.3, -0.25) is 4.98 Å². The zero-order chi connectivity index (χ0) is 14.2. The van der Waals surface area contributed by atoms with Crippen LogP contribution in [0.3, 0.4) is 0 Å². The Hall–Kier alpha value is -1.67. The highest BCUT2D eigenvalue weighted by Gasteiger charge is 2.14. The number of hydrogen-bond acceptors (Lipinski definition) is 2. The van der Waals surface area contributed by atoms with Crippen molar-refractivity contribution in [3.63, 3.8) is 0 Å². The highest BCUT2D eigenvalue weighted by atomic mass is 14.9. The molecule has 1 N–H and O–H groups in total. The van der Waals surface area contributed by atoms with Crippen molar-refractivity contribution >= 4 is 0 Å². The molecule has 0 aliphatic rings. The monoisotopic (exact) mass is 268 g/mol. The van der Waals surface area contributed by atoms with Crippen molar-refractivity contribution in [3.8, 4) is 0 Å². The molecule has 0 spiro atoms.